The molecule has 1 aliphatic rings. The minimum Gasteiger partial charge on any atom is -0.462 e. The lowest BCUT2D eigenvalue weighted by molar-refractivity contribution is -0.146. The second kappa shape index (κ2) is 8.17. The maximum atomic E-state index is 13.1. The zero-order chi connectivity index (χ0) is 20.4. The Hall–Kier alpha value is -2.63. The maximum Gasteiger partial charge on any atom is 0.346 e. The van der Waals surface area contributed by atoms with Crippen molar-refractivity contribution in [3.63, 3.8) is 0 Å². The molecule has 0 radical (unpaired) electrons. The summed E-state index contributed by atoms with van der Waals surface area (Å²) < 4.78 is 10.2. The van der Waals surface area contributed by atoms with Crippen LogP contribution in [0.2, 0.25) is 10.0 Å². The Morgan fingerprint density at radius 2 is 1.25 bits per heavy atom. The first-order valence-electron chi connectivity index (χ1n) is 8.63. The molecule has 3 rings (SSSR count). The van der Waals surface area contributed by atoms with E-state index in [1.165, 1.54) is 0 Å². The molecule has 2 aromatic rings. The molecule has 0 bridgehead atoms. The molecule has 7 heteroatoms. The average molecular weight is 419 g/mol. The highest BCUT2D eigenvalue weighted by molar-refractivity contribution is 6.41. The Balaban J connectivity index is 2.46. The molecular weight excluding hydrogens is 403 g/mol. The fourth-order valence-electron chi connectivity index (χ4n) is 3.16. The summed E-state index contributed by atoms with van der Waals surface area (Å²) in [5.41, 5.74) is 0.957. The standard InChI is InChI=1S/C21H16Cl2O5/c1-3-27-20(25)18(21(26)28-4-2)15-11-7-5-9-13(22)16(11)19(24)17-12(15)8-6-10-14(17)23/h5-10H,3-4H2,1-2H3. The summed E-state index contributed by atoms with van der Waals surface area (Å²) in [6.45, 7) is 3.40. The van der Waals surface area contributed by atoms with Crippen LogP contribution in [-0.2, 0) is 19.1 Å². The van der Waals surface area contributed by atoms with Gasteiger partial charge in [0.15, 0.2) is 11.4 Å². The predicted molar refractivity (Wildman–Crippen MR) is 106 cm³/mol. The average Bonchev–Trinajstić information content (AvgIpc) is 2.65. The minimum absolute atomic E-state index is 0.0682. The van der Waals surface area contributed by atoms with Gasteiger partial charge in [0.05, 0.1) is 23.3 Å². The van der Waals surface area contributed by atoms with Crippen molar-refractivity contribution in [2.45, 2.75) is 13.8 Å². The molecule has 0 aromatic heterocycles. The quantitative estimate of drug-likeness (QED) is 0.270. The largest absolute Gasteiger partial charge is 0.462 e. The van der Waals surface area contributed by atoms with Crippen LogP contribution in [0.4, 0.5) is 0 Å². The number of carbonyl (C=O) groups is 3. The van der Waals surface area contributed by atoms with Crippen molar-refractivity contribution in [3.8, 4) is 0 Å². The maximum absolute atomic E-state index is 13.1. The molecule has 0 N–H and O–H groups in total. The first-order chi connectivity index (χ1) is 13.4. The normalized spacial score (nSPS) is 12.1. The number of fused-ring (bicyclic) bond motifs is 2. The molecule has 0 amide bonds. The summed E-state index contributed by atoms with van der Waals surface area (Å²) in [4.78, 5) is 38.5. The van der Waals surface area contributed by atoms with Crippen LogP contribution in [0.5, 0.6) is 0 Å². The number of ether oxygens (including phenoxy) is 2. The summed E-state index contributed by atoms with van der Waals surface area (Å²) in [6, 6.07) is 9.64. The van der Waals surface area contributed by atoms with Crippen LogP contribution in [0.3, 0.4) is 0 Å². The van der Waals surface area contributed by atoms with Crippen molar-refractivity contribution in [3.05, 3.63) is 74.3 Å². The van der Waals surface area contributed by atoms with Gasteiger partial charge in [-0.2, -0.15) is 0 Å². The Bertz CT molecular complexity index is 946. The Kier molecular flexibility index (Phi) is 5.87. The molecule has 0 heterocycles. The van der Waals surface area contributed by atoms with E-state index in [1.54, 1.807) is 50.2 Å². The highest BCUT2D eigenvalue weighted by atomic mass is 35.5. The lowest BCUT2D eigenvalue weighted by Gasteiger charge is -2.25. The molecule has 0 unspecified atom stereocenters. The third kappa shape index (κ3) is 3.32. The first-order valence-corrected chi connectivity index (χ1v) is 9.38. The van der Waals surface area contributed by atoms with Crippen molar-refractivity contribution in [2.24, 2.45) is 0 Å². The van der Waals surface area contributed by atoms with Crippen LogP contribution in [-0.4, -0.2) is 30.9 Å². The van der Waals surface area contributed by atoms with E-state index in [9.17, 15) is 14.4 Å². The summed E-state index contributed by atoms with van der Waals surface area (Å²) in [5, 5.41) is 0.385. The molecule has 144 valence electrons. The summed E-state index contributed by atoms with van der Waals surface area (Å²) in [5.74, 6) is -2.07. The zero-order valence-corrected chi connectivity index (χ0v) is 16.7. The van der Waals surface area contributed by atoms with E-state index in [4.69, 9.17) is 32.7 Å². The highest BCUT2D eigenvalue weighted by Crippen LogP contribution is 2.43. The van der Waals surface area contributed by atoms with Crippen LogP contribution in [0.15, 0.2) is 42.0 Å². The number of hydrogen-bond acceptors (Lipinski definition) is 5. The molecule has 0 spiro atoms. The predicted octanol–water partition coefficient (Wildman–Crippen LogP) is 4.47. The number of rotatable bonds is 4. The van der Waals surface area contributed by atoms with Crippen LogP contribution >= 0.6 is 23.2 Å². The van der Waals surface area contributed by atoms with Crippen LogP contribution in [0.1, 0.15) is 40.9 Å². The van der Waals surface area contributed by atoms with Gasteiger partial charge in [-0.15, -0.1) is 0 Å². The van der Waals surface area contributed by atoms with Gasteiger partial charge >= 0.3 is 11.9 Å². The van der Waals surface area contributed by atoms with Gasteiger partial charge in [0, 0.05) is 16.7 Å². The van der Waals surface area contributed by atoms with E-state index < -0.39 is 11.9 Å². The van der Waals surface area contributed by atoms with Crippen LogP contribution in [0, 0.1) is 0 Å². The van der Waals surface area contributed by atoms with Crippen molar-refractivity contribution >= 4 is 46.5 Å². The second-order valence-electron chi connectivity index (χ2n) is 5.84. The molecule has 0 atom stereocenters. The van der Waals surface area contributed by atoms with Gasteiger partial charge in [0.2, 0.25) is 0 Å². The topological polar surface area (TPSA) is 69.7 Å². The molecule has 0 saturated heterocycles. The number of benzene rings is 2. The molecule has 2 aromatic carbocycles. The molecule has 0 aliphatic heterocycles. The third-order valence-electron chi connectivity index (χ3n) is 4.23. The van der Waals surface area contributed by atoms with E-state index in [-0.39, 0.29) is 51.3 Å². The van der Waals surface area contributed by atoms with Crippen LogP contribution < -0.4 is 0 Å². The second-order valence-corrected chi connectivity index (χ2v) is 6.66. The SMILES string of the molecule is CCOC(=O)C(C(=O)OCC)=C1c2cccc(Cl)c2C(=O)c2c(Cl)cccc21. The molecule has 0 saturated carbocycles. The summed E-state index contributed by atoms with van der Waals surface area (Å²) >= 11 is 12.6. The van der Waals surface area contributed by atoms with Crippen molar-refractivity contribution < 1.29 is 23.9 Å². The van der Waals surface area contributed by atoms with Gasteiger partial charge in [-0.1, -0.05) is 47.5 Å². The molecule has 0 fully saturated rings. The first kappa shape index (κ1) is 20.1. The highest BCUT2D eigenvalue weighted by Gasteiger charge is 2.36. The Morgan fingerprint density at radius 3 is 1.64 bits per heavy atom. The van der Waals surface area contributed by atoms with Gasteiger partial charge in [-0.05, 0) is 37.1 Å². The molecule has 28 heavy (non-hydrogen) atoms. The lowest BCUT2D eigenvalue weighted by Crippen LogP contribution is -2.24. The van der Waals surface area contributed by atoms with E-state index in [0.29, 0.717) is 11.1 Å². The van der Waals surface area contributed by atoms with Gasteiger partial charge in [0.1, 0.15) is 0 Å². The van der Waals surface area contributed by atoms with Gasteiger partial charge < -0.3 is 9.47 Å². The zero-order valence-electron chi connectivity index (χ0n) is 15.2. The Morgan fingerprint density at radius 1 is 0.821 bits per heavy atom. The molecular formula is C21H16Cl2O5. The number of esters is 2. The van der Waals surface area contributed by atoms with Gasteiger partial charge in [-0.25, -0.2) is 9.59 Å². The lowest BCUT2D eigenvalue weighted by atomic mass is 9.79. The summed E-state index contributed by atoms with van der Waals surface area (Å²) in [7, 11) is 0. The minimum atomic E-state index is -0.845. The van der Waals surface area contributed by atoms with Crippen molar-refractivity contribution in [2.75, 3.05) is 13.2 Å². The fourth-order valence-corrected chi connectivity index (χ4v) is 3.68. The monoisotopic (exact) mass is 418 g/mol. The van der Waals surface area contributed by atoms with E-state index in [1.807, 2.05) is 0 Å². The number of carbonyl (C=O) groups excluding carboxylic acids is 3. The molecule has 1 aliphatic carbocycles. The molecule has 5 nitrogen and oxygen atoms in total. The number of ketones is 1. The van der Waals surface area contributed by atoms with Crippen molar-refractivity contribution in [1.29, 1.82) is 0 Å². The van der Waals surface area contributed by atoms with Gasteiger partial charge in [-0.3, -0.25) is 4.79 Å². The summed E-state index contributed by atoms with van der Waals surface area (Å²) in [6.07, 6.45) is 0. The van der Waals surface area contributed by atoms with E-state index in [2.05, 4.69) is 0 Å². The van der Waals surface area contributed by atoms with Crippen molar-refractivity contribution in [1.82, 2.24) is 0 Å². The van der Waals surface area contributed by atoms with E-state index >= 15 is 0 Å². The van der Waals surface area contributed by atoms with Crippen LogP contribution in [0.25, 0.3) is 5.57 Å². The van der Waals surface area contributed by atoms with E-state index in [0.717, 1.165) is 0 Å². The third-order valence-corrected chi connectivity index (χ3v) is 4.86. The smallest absolute Gasteiger partial charge is 0.346 e. The number of hydrogen-bond donors (Lipinski definition) is 0. The van der Waals surface area contributed by atoms with Gasteiger partial charge in [0.25, 0.3) is 0 Å². The number of halogens is 2. The fraction of sp³-hybridized carbons (Fsp3) is 0.190. The Labute approximate surface area is 171 Å².